The van der Waals surface area contributed by atoms with Crippen molar-refractivity contribution >= 4 is 23.7 Å². The van der Waals surface area contributed by atoms with Crippen molar-refractivity contribution in [1.82, 2.24) is 15.0 Å². The quantitative estimate of drug-likeness (QED) is 0.676. The summed E-state index contributed by atoms with van der Waals surface area (Å²) in [5.74, 6) is 0.385. The summed E-state index contributed by atoms with van der Waals surface area (Å²) in [4.78, 5) is 12.1. The average molecular weight is 325 g/mol. The third-order valence-electron chi connectivity index (χ3n) is 2.04. The highest BCUT2D eigenvalue weighted by atomic mass is 32.2. The van der Waals surface area contributed by atoms with E-state index in [9.17, 15) is 13.2 Å². The van der Waals surface area contributed by atoms with E-state index in [0.29, 0.717) is 19.1 Å². The molecule has 0 saturated heterocycles. The van der Waals surface area contributed by atoms with E-state index in [1.165, 1.54) is 0 Å². The fourth-order valence-corrected chi connectivity index (χ4v) is 1.70. The van der Waals surface area contributed by atoms with Crippen molar-refractivity contribution in [2.75, 3.05) is 36.1 Å². The van der Waals surface area contributed by atoms with E-state index in [4.69, 9.17) is 4.74 Å². The lowest BCUT2D eigenvalue weighted by molar-refractivity contribution is -0.0327. The third kappa shape index (κ3) is 7.78. The summed E-state index contributed by atoms with van der Waals surface area (Å²) in [7, 11) is 0. The highest BCUT2D eigenvalue weighted by Crippen LogP contribution is 2.29. The highest BCUT2D eigenvalue weighted by Gasteiger charge is 2.27. The molecule has 1 aromatic heterocycles. The molecule has 0 saturated carbocycles. The van der Waals surface area contributed by atoms with Gasteiger partial charge in [0, 0.05) is 18.8 Å². The minimum atomic E-state index is -4.23. The molecule has 120 valence electrons. The van der Waals surface area contributed by atoms with Crippen molar-refractivity contribution in [3.05, 3.63) is 0 Å². The van der Waals surface area contributed by atoms with Gasteiger partial charge in [0.05, 0.1) is 6.61 Å². The molecule has 21 heavy (non-hydrogen) atoms. The first-order valence-electron chi connectivity index (χ1n) is 6.52. The Labute approximate surface area is 125 Å². The zero-order valence-corrected chi connectivity index (χ0v) is 12.6. The van der Waals surface area contributed by atoms with Gasteiger partial charge in [0.25, 0.3) is 0 Å². The van der Waals surface area contributed by atoms with Gasteiger partial charge in [-0.1, -0.05) is 6.92 Å². The monoisotopic (exact) mass is 325 g/mol. The van der Waals surface area contributed by atoms with Gasteiger partial charge in [-0.15, -0.1) is 0 Å². The van der Waals surface area contributed by atoms with Crippen LogP contribution >= 0.6 is 11.8 Å². The molecular formula is C11H18F3N5OS. The Morgan fingerprint density at radius 3 is 2.33 bits per heavy atom. The molecule has 0 spiro atoms. The number of hydrogen-bond acceptors (Lipinski definition) is 7. The number of halogens is 3. The maximum atomic E-state index is 12.0. The van der Waals surface area contributed by atoms with Gasteiger partial charge in [0.1, 0.15) is 0 Å². The minimum Gasteiger partial charge on any atom is -0.463 e. The van der Waals surface area contributed by atoms with Gasteiger partial charge in [0.15, 0.2) is 0 Å². The predicted molar refractivity (Wildman–Crippen MR) is 76.8 cm³/mol. The topological polar surface area (TPSA) is 72.0 Å². The fourth-order valence-electron chi connectivity index (χ4n) is 1.26. The standard InChI is InChI=1S/C11H18F3N5OS/c1-3-6-20-10-18-8(15-4-2)17-9(19-10)16-5-7-21-11(12,13)14/h3-7H2,1-2H3,(H2,15,16,17,18,19). The van der Waals surface area contributed by atoms with Crippen LogP contribution in [0, 0.1) is 0 Å². The van der Waals surface area contributed by atoms with Crippen LogP contribution < -0.4 is 15.4 Å². The maximum absolute atomic E-state index is 12.0. The molecule has 10 heteroatoms. The zero-order chi connectivity index (χ0) is 15.7. The Kier molecular flexibility index (Phi) is 7.34. The van der Waals surface area contributed by atoms with E-state index in [1.54, 1.807) is 0 Å². The second kappa shape index (κ2) is 8.75. The van der Waals surface area contributed by atoms with Gasteiger partial charge in [0.2, 0.25) is 11.9 Å². The van der Waals surface area contributed by atoms with Crippen molar-refractivity contribution < 1.29 is 17.9 Å². The van der Waals surface area contributed by atoms with Crippen LogP contribution in [0.4, 0.5) is 25.1 Å². The summed E-state index contributed by atoms with van der Waals surface area (Å²) >= 11 is -0.0952. The first-order valence-corrected chi connectivity index (χ1v) is 7.50. The maximum Gasteiger partial charge on any atom is 0.441 e. The largest absolute Gasteiger partial charge is 0.463 e. The van der Waals surface area contributed by atoms with Gasteiger partial charge in [-0.3, -0.25) is 0 Å². The number of nitrogens with zero attached hydrogens (tertiary/aromatic N) is 3. The van der Waals surface area contributed by atoms with Crippen LogP contribution in [0.1, 0.15) is 20.3 Å². The van der Waals surface area contributed by atoms with Gasteiger partial charge in [-0.2, -0.15) is 28.1 Å². The number of anilines is 2. The number of rotatable bonds is 9. The van der Waals surface area contributed by atoms with E-state index in [0.717, 1.165) is 6.42 Å². The summed E-state index contributed by atoms with van der Waals surface area (Å²) in [5.41, 5.74) is -4.23. The van der Waals surface area contributed by atoms with Crippen LogP contribution in [0.2, 0.25) is 0 Å². The van der Waals surface area contributed by atoms with Crippen LogP contribution in [0.3, 0.4) is 0 Å². The molecule has 0 bridgehead atoms. The summed E-state index contributed by atoms with van der Waals surface area (Å²) < 4.78 is 41.4. The normalized spacial score (nSPS) is 11.3. The highest BCUT2D eigenvalue weighted by molar-refractivity contribution is 8.00. The molecular weight excluding hydrogens is 307 g/mol. The van der Waals surface area contributed by atoms with Crippen molar-refractivity contribution in [2.45, 2.75) is 25.8 Å². The third-order valence-corrected chi connectivity index (χ3v) is 2.77. The van der Waals surface area contributed by atoms with Crippen LogP contribution in [-0.4, -0.2) is 45.9 Å². The number of ether oxygens (including phenoxy) is 1. The van der Waals surface area contributed by atoms with Crippen molar-refractivity contribution in [1.29, 1.82) is 0 Å². The average Bonchev–Trinajstić information content (AvgIpc) is 2.41. The lowest BCUT2D eigenvalue weighted by Crippen LogP contribution is -2.14. The van der Waals surface area contributed by atoms with Crippen LogP contribution in [0.25, 0.3) is 0 Å². The molecule has 0 unspecified atom stereocenters. The lowest BCUT2D eigenvalue weighted by Gasteiger charge is -2.10. The van der Waals surface area contributed by atoms with Gasteiger partial charge < -0.3 is 15.4 Å². The van der Waals surface area contributed by atoms with Crippen LogP contribution in [0.5, 0.6) is 6.01 Å². The molecule has 1 rings (SSSR count). The van der Waals surface area contributed by atoms with E-state index < -0.39 is 5.51 Å². The molecule has 0 aromatic carbocycles. The molecule has 0 atom stereocenters. The summed E-state index contributed by atoms with van der Waals surface area (Å²) in [6, 6.07) is 0.147. The molecule has 2 N–H and O–H groups in total. The molecule has 0 fully saturated rings. The smallest absolute Gasteiger partial charge is 0.441 e. The SMILES string of the molecule is CCCOc1nc(NCC)nc(NCCSC(F)(F)F)n1. The number of thioether (sulfide) groups is 1. The van der Waals surface area contributed by atoms with Crippen molar-refractivity contribution in [2.24, 2.45) is 0 Å². The molecule has 0 amide bonds. The molecule has 1 aromatic rings. The molecule has 0 aliphatic rings. The van der Waals surface area contributed by atoms with Crippen LogP contribution in [-0.2, 0) is 0 Å². The second-order valence-corrected chi connectivity index (χ2v) is 5.02. The number of nitrogens with one attached hydrogen (secondary N) is 2. The Bertz CT molecular complexity index is 433. The summed E-state index contributed by atoms with van der Waals surface area (Å²) in [6.45, 7) is 4.98. The van der Waals surface area contributed by atoms with Crippen molar-refractivity contribution in [3.8, 4) is 6.01 Å². The number of alkyl halides is 3. The lowest BCUT2D eigenvalue weighted by atomic mass is 10.5. The Hall–Kier alpha value is -1.45. The Morgan fingerprint density at radius 2 is 1.76 bits per heavy atom. The number of hydrogen-bond donors (Lipinski definition) is 2. The number of aromatic nitrogens is 3. The Balaban J connectivity index is 2.60. The van der Waals surface area contributed by atoms with Gasteiger partial charge >= 0.3 is 11.5 Å². The first-order chi connectivity index (χ1) is 9.94. The molecule has 0 aliphatic heterocycles. The predicted octanol–water partition coefficient (Wildman–Crippen LogP) is 2.76. The minimum absolute atomic E-state index is 0.0903. The van der Waals surface area contributed by atoms with Gasteiger partial charge in [-0.25, -0.2) is 0 Å². The Morgan fingerprint density at radius 1 is 1.10 bits per heavy atom. The summed E-state index contributed by atoms with van der Waals surface area (Å²) in [5, 5.41) is 5.64. The van der Waals surface area contributed by atoms with Crippen LogP contribution in [0.15, 0.2) is 0 Å². The van der Waals surface area contributed by atoms with E-state index in [1.807, 2.05) is 13.8 Å². The summed E-state index contributed by atoms with van der Waals surface area (Å²) in [6.07, 6.45) is 0.799. The zero-order valence-electron chi connectivity index (χ0n) is 11.8. The second-order valence-electron chi connectivity index (χ2n) is 3.86. The molecule has 0 aliphatic carbocycles. The first kappa shape index (κ1) is 17.6. The van der Waals surface area contributed by atoms with Crippen molar-refractivity contribution in [3.63, 3.8) is 0 Å². The fraction of sp³-hybridized carbons (Fsp3) is 0.727. The molecule has 0 radical (unpaired) electrons. The van der Waals surface area contributed by atoms with Gasteiger partial charge in [-0.05, 0) is 25.1 Å². The molecule has 6 nitrogen and oxygen atoms in total. The van der Waals surface area contributed by atoms with E-state index in [2.05, 4.69) is 25.6 Å². The van der Waals surface area contributed by atoms with E-state index in [-0.39, 0.29) is 36.0 Å². The van der Waals surface area contributed by atoms with E-state index >= 15 is 0 Å². The molecule has 1 heterocycles.